The molecule has 1 heterocycles. The lowest BCUT2D eigenvalue weighted by molar-refractivity contribution is 1.06. The fourth-order valence-electron chi connectivity index (χ4n) is 2.44. The maximum absolute atomic E-state index is 3.33. The van der Waals surface area contributed by atoms with Crippen molar-refractivity contribution in [2.75, 3.05) is 0 Å². The van der Waals surface area contributed by atoms with Gasteiger partial charge >= 0.3 is 0 Å². The van der Waals surface area contributed by atoms with Crippen LogP contribution in [-0.2, 0) is 0 Å². The van der Waals surface area contributed by atoms with Gasteiger partial charge in [-0.05, 0) is 54.2 Å². The van der Waals surface area contributed by atoms with Gasteiger partial charge < -0.3 is 4.98 Å². The van der Waals surface area contributed by atoms with Crippen LogP contribution in [0.2, 0.25) is 0 Å². The Morgan fingerprint density at radius 2 is 1.94 bits per heavy atom. The Morgan fingerprint density at radius 1 is 1.11 bits per heavy atom. The zero-order valence-electron chi connectivity index (χ0n) is 10.6. The molecule has 0 unspecified atom stereocenters. The molecule has 1 aliphatic rings. The van der Waals surface area contributed by atoms with Gasteiger partial charge in [0.2, 0.25) is 0 Å². The van der Waals surface area contributed by atoms with Crippen LogP contribution in [0.4, 0.5) is 0 Å². The quantitative estimate of drug-likeness (QED) is 0.784. The Labute approximate surface area is 108 Å². The molecule has 3 rings (SSSR count). The lowest BCUT2D eigenvalue weighted by Gasteiger charge is -2.13. The van der Waals surface area contributed by atoms with Crippen LogP contribution in [0, 0.1) is 6.92 Å². The van der Waals surface area contributed by atoms with Gasteiger partial charge in [-0.15, -0.1) is 0 Å². The van der Waals surface area contributed by atoms with Crippen molar-refractivity contribution >= 4 is 11.1 Å². The molecule has 1 aromatic heterocycles. The molecule has 0 aliphatic heterocycles. The molecule has 2 aromatic rings. The minimum Gasteiger partial charge on any atom is -0.361 e. The number of benzene rings is 1. The van der Waals surface area contributed by atoms with Crippen LogP contribution in [0.3, 0.4) is 0 Å². The predicted molar refractivity (Wildman–Crippen MR) is 77.2 cm³/mol. The molecule has 90 valence electrons. The van der Waals surface area contributed by atoms with Crippen LogP contribution in [-0.4, -0.2) is 4.98 Å². The van der Waals surface area contributed by atoms with Gasteiger partial charge in [0.1, 0.15) is 0 Å². The van der Waals surface area contributed by atoms with Crippen molar-refractivity contribution in [1.29, 1.82) is 0 Å². The molecule has 0 spiro atoms. The summed E-state index contributed by atoms with van der Waals surface area (Å²) in [5, 5.41) is 0. The highest BCUT2D eigenvalue weighted by molar-refractivity contribution is 5.84. The fourth-order valence-corrected chi connectivity index (χ4v) is 2.44. The van der Waals surface area contributed by atoms with E-state index in [9.17, 15) is 0 Å². The normalized spacial score (nSPS) is 15.2. The molecular formula is C17H17N. The van der Waals surface area contributed by atoms with Crippen molar-refractivity contribution in [3.05, 3.63) is 71.6 Å². The molecule has 0 bridgehead atoms. The van der Waals surface area contributed by atoms with E-state index in [1.165, 1.54) is 28.0 Å². The molecule has 1 aromatic carbocycles. The molecule has 1 nitrogen and oxygen atoms in total. The largest absolute Gasteiger partial charge is 0.361 e. The van der Waals surface area contributed by atoms with Gasteiger partial charge in [0.25, 0.3) is 0 Å². The molecule has 0 saturated carbocycles. The van der Waals surface area contributed by atoms with E-state index >= 15 is 0 Å². The summed E-state index contributed by atoms with van der Waals surface area (Å²) < 4.78 is 0. The number of hydrogen-bond acceptors (Lipinski definition) is 0. The van der Waals surface area contributed by atoms with Crippen LogP contribution < -0.4 is 0 Å². The Balaban J connectivity index is 1.95. The summed E-state index contributed by atoms with van der Waals surface area (Å²) in [5.41, 5.74) is 6.59. The Bertz CT molecular complexity index is 600. The van der Waals surface area contributed by atoms with Crippen molar-refractivity contribution in [2.24, 2.45) is 0 Å². The van der Waals surface area contributed by atoms with E-state index in [1.807, 2.05) is 0 Å². The average molecular weight is 235 g/mol. The first kappa shape index (κ1) is 11.1. The molecule has 1 N–H and O–H groups in total. The van der Waals surface area contributed by atoms with Gasteiger partial charge in [0, 0.05) is 11.9 Å². The van der Waals surface area contributed by atoms with Crippen LogP contribution >= 0.6 is 0 Å². The van der Waals surface area contributed by atoms with Crippen LogP contribution in [0.15, 0.2) is 54.7 Å². The van der Waals surface area contributed by atoms with E-state index in [0.717, 1.165) is 12.8 Å². The summed E-state index contributed by atoms with van der Waals surface area (Å²) >= 11 is 0. The summed E-state index contributed by atoms with van der Waals surface area (Å²) in [5.74, 6) is 0. The highest BCUT2D eigenvalue weighted by Gasteiger charge is 2.09. The van der Waals surface area contributed by atoms with E-state index in [2.05, 4.69) is 66.7 Å². The number of rotatable bonds is 2. The van der Waals surface area contributed by atoms with Gasteiger partial charge in [-0.1, -0.05) is 36.4 Å². The standard InChI is InChI=1S/C17H17N/c1-13-10-17(18-12-13)16-9-5-8-15(11-16)14-6-3-2-4-7-14/h2-4,6-7,9-12,18H,5,8H2,1H3. The zero-order valence-corrected chi connectivity index (χ0v) is 10.6. The molecule has 0 atom stereocenters. The Kier molecular flexibility index (Phi) is 2.89. The smallest absolute Gasteiger partial charge is 0.0453 e. The maximum Gasteiger partial charge on any atom is 0.0453 e. The topological polar surface area (TPSA) is 15.8 Å². The molecule has 18 heavy (non-hydrogen) atoms. The summed E-state index contributed by atoms with van der Waals surface area (Å²) in [6.07, 6.45) is 8.93. The third-order valence-electron chi connectivity index (χ3n) is 3.39. The predicted octanol–water partition coefficient (Wildman–Crippen LogP) is 4.58. The highest BCUT2D eigenvalue weighted by Crippen LogP contribution is 2.30. The third kappa shape index (κ3) is 2.17. The molecule has 1 aliphatic carbocycles. The summed E-state index contributed by atoms with van der Waals surface area (Å²) in [4.78, 5) is 3.33. The first-order chi connectivity index (χ1) is 8.83. The van der Waals surface area contributed by atoms with Gasteiger partial charge in [-0.25, -0.2) is 0 Å². The number of hydrogen-bond donors (Lipinski definition) is 1. The Morgan fingerprint density at radius 3 is 2.67 bits per heavy atom. The second-order valence-corrected chi connectivity index (χ2v) is 4.82. The van der Waals surface area contributed by atoms with E-state index in [4.69, 9.17) is 0 Å². The van der Waals surface area contributed by atoms with Crippen LogP contribution in [0.25, 0.3) is 11.1 Å². The maximum atomic E-state index is 3.33. The van der Waals surface area contributed by atoms with E-state index in [1.54, 1.807) is 0 Å². The first-order valence-corrected chi connectivity index (χ1v) is 6.44. The van der Waals surface area contributed by atoms with E-state index in [0.29, 0.717) is 0 Å². The minimum atomic E-state index is 1.12. The average Bonchev–Trinajstić information content (AvgIpc) is 2.87. The molecule has 0 amide bonds. The van der Waals surface area contributed by atoms with Crippen LogP contribution in [0.5, 0.6) is 0 Å². The number of aryl methyl sites for hydroxylation is 1. The third-order valence-corrected chi connectivity index (χ3v) is 3.39. The van der Waals surface area contributed by atoms with Gasteiger partial charge in [0.15, 0.2) is 0 Å². The number of nitrogens with one attached hydrogen (secondary N) is 1. The molecule has 0 fully saturated rings. The molecular weight excluding hydrogens is 218 g/mol. The number of H-pyrrole nitrogens is 1. The lowest BCUT2D eigenvalue weighted by Crippen LogP contribution is -1.92. The van der Waals surface area contributed by atoms with Crippen molar-refractivity contribution < 1.29 is 0 Å². The van der Waals surface area contributed by atoms with Gasteiger partial charge in [-0.3, -0.25) is 0 Å². The van der Waals surface area contributed by atoms with Crippen molar-refractivity contribution in [1.82, 2.24) is 4.98 Å². The second-order valence-electron chi connectivity index (χ2n) is 4.82. The SMILES string of the molecule is Cc1c[nH]c(C2=CCCC(c3ccccc3)=C2)c1. The zero-order chi connectivity index (χ0) is 12.4. The number of aromatic amines is 1. The fraction of sp³-hybridized carbons (Fsp3) is 0.176. The number of allylic oxidation sites excluding steroid dienone is 4. The summed E-state index contributed by atoms with van der Waals surface area (Å²) in [6, 6.07) is 12.9. The lowest BCUT2D eigenvalue weighted by atomic mass is 9.92. The van der Waals surface area contributed by atoms with E-state index in [-0.39, 0.29) is 0 Å². The summed E-state index contributed by atoms with van der Waals surface area (Å²) in [7, 11) is 0. The van der Waals surface area contributed by atoms with Crippen molar-refractivity contribution in [2.45, 2.75) is 19.8 Å². The highest BCUT2D eigenvalue weighted by atomic mass is 14.7. The number of aromatic nitrogens is 1. The molecule has 0 radical (unpaired) electrons. The van der Waals surface area contributed by atoms with Crippen molar-refractivity contribution in [3.63, 3.8) is 0 Å². The van der Waals surface area contributed by atoms with Gasteiger partial charge in [0.05, 0.1) is 0 Å². The minimum absolute atomic E-state index is 1.12. The molecule has 1 heteroatoms. The van der Waals surface area contributed by atoms with Crippen molar-refractivity contribution in [3.8, 4) is 0 Å². The monoisotopic (exact) mass is 235 g/mol. The Hall–Kier alpha value is -2.02. The molecule has 0 saturated heterocycles. The first-order valence-electron chi connectivity index (χ1n) is 6.44. The van der Waals surface area contributed by atoms with E-state index < -0.39 is 0 Å². The van der Waals surface area contributed by atoms with Gasteiger partial charge in [-0.2, -0.15) is 0 Å². The van der Waals surface area contributed by atoms with Crippen LogP contribution in [0.1, 0.15) is 29.7 Å². The summed E-state index contributed by atoms with van der Waals surface area (Å²) in [6.45, 7) is 2.12. The second kappa shape index (κ2) is 4.69.